The highest BCUT2D eigenvalue weighted by Crippen LogP contribution is 2.25. The van der Waals surface area contributed by atoms with Crippen LogP contribution in [0.1, 0.15) is 35.5 Å². The maximum absolute atomic E-state index is 5.53. The Bertz CT molecular complexity index is 701. The molecule has 0 spiro atoms. The van der Waals surface area contributed by atoms with E-state index < -0.39 is 0 Å². The Balaban J connectivity index is 0.00000280. The Kier molecular flexibility index (Phi) is 10.7. The van der Waals surface area contributed by atoms with Gasteiger partial charge in [-0.3, -0.25) is 4.90 Å². The van der Waals surface area contributed by atoms with E-state index in [2.05, 4.69) is 57.3 Å². The summed E-state index contributed by atoms with van der Waals surface area (Å²) in [5.74, 6) is 0.846. The molecule has 156 valence electrons. The number of rotatable bonds is 8. The lowest BCUT2D eigenvalue weighted by Crippen LogP contribution is -2.46. The number of hydrogen-bond acceptors (Lipinski definition) is 6. The fraction of sp³-hybridized carbons (Fsp3) is 0.579. The van der Waals surface area contributed by atoms with Crippen molar-refractivity contribution in [2.75, 3.05) is 39.4 Å². The monoisotopic (exact) mass is 535 g/mol. The molecule has 28 heavy (non-hydrogen) atoms. The average molecular weight is 536 g/mol. The molecule has 0 aliphatic carbocycles. The van der Waals surface area contributed by atoms with E-state index in [1.54, 1.807) is 11.3 Å². The summed E-state index contributed by atoms with van der Waals surface area (Å²) in [5, 5.41) is 12.3. The number of halogens is 1. The van der Waals surface area contributed by atoms with Crippen LogP contribution in [0.2, 0.25) is 0 Å². The number of nitrogens with one attached hydrogen (secondary N) is 2. The van der Waals surface area contributed by atoms with Crippen molar-refractivity contribution in [2.45, 2.75) is 32.9 Å². The first-order valence-corrected chi connectivity index (χ1v) is 11.4. The average Bonchev–Trinajstić information content (AvgIpc) is 3.39. The first-order chi connectivity index (χ1) is 13.3. The highest BCUT2D eigenvalue weighted by Gasteiger charge is 2.23. The zero-order valence-corrected chi connectivity index (χ0v) is 20.5. The predicted molar refractivity (Wildman–Crippen MR) is 129 cm³/mol. The molecular weight excluding hydrogens is 505 g/mol. The molecule has 0 radical (unpaired) electrons. The van der Waals surface area contributed by atoms with Gasteiger partial charge in [0, 0.05) is 36.4 Å². The highest BCUT2D eigenvalue weighted by molar-refractivity contribution is 14.0. The molecule has 1 aliphatic heterocycles. The number of aliphatic imine (C=N–C) groups is 1. The molecule has 6 nitrogen and oxygen atoms in total. The van der Waals surface area contributed by atoms with E-state index in [1.165, 1.54) is 9.88 Å². The molecule has 2 aromatic rings. The lowest BCUT2D eigenvalue weighted by molar-refractivity contribution is 0.0177. The quantitative estimate of drug-likeness (QED) is 0.308. The number of guanidine groups is 1. The van der Waals surface area contributed by atoms with Crippen molar-refractivity contribution >= 4 is 52.6 Å². The van der Waals surface area contributed by atoms with E-state index in [-0.39, 0.29) is 24.0 Å². The van der Waals surface area contributed by atoms with Gasteiger partial charge in [-0.25, -0.2) is 9.98 Å². The van der Waals surface area contributed by atoms with Crippen molar-refractivity contribution < 1.29 is 4.74 Å². The summed E-state index contributed by atoms with van der Waals surface area (Å²) >= 11 is 3.53. The van der Waals surface area contributed by atoms with Gasteiger partial charge in [-0.1, -0.05) is 13.0 Å². The van der Waals surface area contributed by atoms with Crippen molar-refractivity contribution in [1.82, 2.24) is 20.5 Å². The van der Waals surface area contributed by atoms with Crippen LogP contribution in [0.4, 0.5) is 0 Å². The van der Waals surface area contributed by atoms with Crippen LogP contribution in [-0.4, -0.2) is 55.2 Å². The summed E-state index contributed by atoms with van der Waals surface area (Å²) in [4.78, 5) is 13.2. The number of thiazole rings is 1. The summed E-state index contributed by atoms with van der Waals surface area (Å²) in [5.41, 5.74) is 1.04. The van der Waals surface area contributed by atoms with Gasteiger partial charge in [0.05, 0.1) is 36.5 Å². The van der Waals surface area contributed by atoms with Crippen LogP contribution in [0, 0.1) is 0 Å². The van der Waals surface area contributed by atoms with Crippen molar-refractivity contribution in [3.05, 3.63) is 38.5 Å². The standard InChI is InChI=1S/C19H29N5OS2.HI/c1-3-18-23-15(14-27-18)12-21-19(20-4-2)22-13-16(17-6-5-11-26-17)24-7-9-25-10-8-24;/h5-6,11,14,16H,3-4,7-10,12-13H2,1-2H3,(H2,20,21,22);1H. The smallest absolute Gasteiger partial charge is 0.191 e. The van der Waals surface area contributed by atoms with Crippen LogP contribution in [-0.2, 0) is 17.7 Å². The SMILES string of the molecule is CCNC(=NCc1csc(CC)n1)NCC(c1cccs1)N1CCOCC1.I. The third kappa shape index (κ3) is 6.94. The van der Waals surface area contributed by atoms with E-state index in [4.69, 9.17) is 9.73 Å². The number of nitrogens with zero attached hydrogens (tertiary/aromatic N) is 3. The first kappa shape index (κ1) is 23.5. The Morgan fingerprint density at radius 1 is 1.29 bits per heavy atom. The highest BCUT2D eigenvalue weighted by atomic mass is 127. The third-order valence-corrected chi connectivity index (χ3v) is 6.48. The van der Waals surface area contributed by atoms with Crippen molar-refractivity contribution in [3.8, 4) is 0 Å². The maximum Gasteiger partial charge on any atom is 0.191 e. The zero-order valence-electron chi connectivity index (χ0n) is 16.5. The molecule has 3 heterocycles. The molecule has 1 atom stereocenters. The molecular formula is C19H30IN5OS2. The van der Waals surface area contributed by atoms with Crippen LogP contribution < -0.4 is 10.6 Å². The Morgan fingerprint density at radius 3 is 2.75 bits per heavy atom. The number of hydrogen-bond donors (Lipinski definition) is 2. The summed E-state index contributed by atoms with van der Waals surface area (Å²) in [6, 6.07) is 4.68. The minimum atomic E-state index is 0. The topological polar surface area (TPSA) is 61.8 Å². The van der Waals surface area contributed by atoms with Crippen LogP contribution in [0.5, 0.6) is 0 Å². The molecule has 1 fully saturated rings. The number of aryl methyl sites for hydroxylation is 1. The van der Waals surface area contributed by atoms with Crippen LogP contribution >= 0.6 is 46.7 Å². The fourth-order valence-corrected chi connectivity index (χ4v) is 4.66. The number of thiophene rings is 1. The predicted octanol–water partition coefficient (Wildman–Crippen LogP) is 3.51. The molecule has 2 aromatic heterocycles. The van der Waals surface area contributed by atoms with Gasteiger partial charge in [-0.15, -0.1) is 46.7 Å². The van der Waals surface area contributed by atoms with Crippen LogP contribution in [0.25, 0.3) is 0 Å². The van der Waals surface area contributed by atoms with Crippen molar-refractivity contribution in [1.29, 1.82) is 0 Å². The summed E-state index contributed by atoms with van der Waals surface area (Å²) in [6.07, 6.45) is 0.981. The van der Waals surface area contributed by atoms with Crippen LogP contribution in [0.15, 0.2) is 27.9 Å². The third-order valence-electron chi connectivity index (χ3n) is 4.47. The van der Waals surface area contributed by atoms with Gasteiger partial charge >= 0.3 is 0 Å². The van der Waals surface area contributed by atoms with E-state index in [0.717, 1.165) is 57.5 Å². The second-order valence-electron chi connectivity index (χ2n) is 6.34. The van der Waals surface area contributed by atoms with Gasteiger partial charge < -0.3 is 15.4 Å². The molecule has 1 saturated heterocycles. The van der Waals surface area contributed by atoms with E-state index in [9.17, 15) is 0 Å². The molecule has 0 amide bonds. The molecule has 0 aromatic carbocycles. The molecule has 1 aliphatic rings. The van der Waals surface area contributed by atoms with Gasteiger partial charge in [0.1, 0.15) is 0 Å². The summed E-state index contributed by atoms with van der Waals surface area (Å²) in [6.45, 7) is 10.0. The van der Waals surface area contributed by atoms with Gasteiger partial charge in [0.25, 0.3) is 0 Å². The molecule has 9 heteroatoms. The number of aromatic nitrogens is 1. The Labute approximate surface area is 192 Å². The largest absolute Gasteiger partial charge is 0.379 e. The molecule has 1 unspecified atom stereocenters. The van der Waals surface area contributed by atoms with E-state index in [0.29, 0.717) is 12.6 Å². The molecule has 3 rings (SSSR count). The molecule has 2 N–H and O–H groups in total. The van der Waals surface area contributed by atoms with Gasteiger partial charge in [-0.2, -0.15) is 0 Å². The minimum absolute atomic E-state index is 0. The van der Waals surface area contributed by atoms with Gasteiger partial charge in [-0.05, 0) is 24.8 Å². The Hall–Kier alpha value is -0.750. The maximum atomic E-state index is 5.53. The zero-order chi connectivity index (χ0) is 18.9. The van der Waals surface area contributed by atoms with E-state index >= 15 is 0 Å². The second-order valence-corrected chi connectivity index (χ2v) is 8.26. The second kappa shape index (κ2) is 12.7. The lowest BCUT2D eigenvalue weighted by atomic mass is 10.2. The first-order valence-electron chi connectivity index (χ1n) is 9.60. The van der Waals surface area contributed by atoms with Gasteiger partial charge in [0.15, 0.2) is 5.96 Å². The Morgan fingerprint density at radius 2 is 2.11 bits per heavy atom. The fourth-order valence-electron chi connectivity index (χ4n) is 3.06. The number of morpholine rings is 1. The van der Waals surface area contributed by atoms with Gasteiger partial charge in [0.2, 0.25) is 0 Å². The van der Waals surface area contributed by atoms with Crippen molar-refractivity contribution in [3.63, 3.8) is 0 Å². The molecule has 0 saturated carbocycles. The minimum Gasteiger partial charge on any atom is -0.379 e. The van der Waals surface area contributed by atoms with E-state index in [1.807, 2.05) is 11.3 Å². The van der Waals surface area contributed by atoms with Crippen LogP contribution in [0.3, 0.4) is 0 Å². The summed E-state index contributed by atoms with van der Waals surface area (Å²) < 4.78 is 5.53. The lowest BCUT2D eigenvalue weighted by Gasteiger charge is -2.34. The molecule has 0 bridgehead atoms. The number of ether oxygens (including phenoxy) is 1. The summed E-state index contributed by atoms with van der Waals surface area (Å²) in [7, 11) is 0. The normalized spacial score (nSPS) is 16.4. The van der Waals surface area contributed by atoms with Crippen molar-refractivity contribution in [2.24, 2.45) is 4.99 Å².